The summed E-state index contributed by atoms with van der Waals surface area (Å²) in [5, 5.41) is 20.2. The highest BCUT2D eigenvalue weighted by Gasteiger charge is 2.36. The molecule has 0 spiro atoms. The quantitative estimate of drug-likeness (QED) is 0.856. The van der Waals surface area contributed by atoms with Crippen LogP contribution in [-0.4, -0.2) is 27.4 Å². The van der Waals surface area contributed by atoms with Gasteiger partial charge in [-0.1, -0.05) is 18.2 Å². The number of hydrogen-bond donors (Lipinski definition) is 2. The summed E-state index contributed by atoms with van der Waals surface area (Å²) in [6.45, 7) is 0.238. The molecule has 1 aliphatic heterocycles. The lowest BCUT2D eigenvalue weighted by Gasteiger charge is -2.36. The van der Waals surface area contributed by atoms with E-state index in [0.29, 0.717) is 22.1 Å². The van der Waals surface area contributed by atoms with Crippen LogP contribution in [0.25, 0.3) is 0 Å². The first-order valence-corrected chi connectivity index (χ1v) is 6.15. The predicted molar refractivity (Wildman–Crippen MR) is 72.1 cm³/mol. The number of amides is 1. The Morgan fingerprint density at radius 1 is 1.10 bits per heavy atom. The van der Waals surface area contributed by atoms with E-state index in [-0.39, 0.29) is 6.54 Å². The van der Waals surface area contributed by atoms with E-state index in [0.717, 1.165) is 0 Å². The SMILES string of the molecule is O=C1C(O)N(O)c2ccccc2N1Cc1ccccn1. The fourth-order valence-electron chi connectivity index (χ4n) is 2.20. The molecule has 6 heteroatoms. The molecule has 2 aromatic rings. The van der Waals surface area contributed by atoms with Gasteiger partial charge < -0.3 is 10.0 Å². The third kappa shape index (κ3) is 2.01. The van der Waals surface area contributed by atoms with E-state index in [4.69, 9.17) is 0 Å². The van der Waals surface area contributed by atoms with Crippen LogP contribution >= 0.6 is 0 Å². The Balaban J connectivity index is 2.01. The van der Waals surface area contributed by atoms with Crippen molar-refractivity contribution in [1.82, 2.24) is 4.98 Å². The zero-order valence-electron chi connectivity index (χ0n) is 10.5. The molecule has 1 aliphatic rings. The topological polar surface area (TPSA) is 76.9 Å². The Bertz CT molecular complexity index is 633. The van der Waals surface area contributed by atoms with E-state index in [1.54, 1.807) is 42.6 Å². The van der Waals surface area contributed by atoms with Crippen molar-refractivity contribution < 1.29 is 15.1 Å². The van der Waals surface area contributed by atoms with E-state index in [2.05, 4.69) is 4.98 Å². The van der Waals surface area contributed by atoms with E-state index in [1.165, 1.54) is 4.90 Å². The van der Waals surface area contributed by atoms with Crippen LogP contribution in [0.1, 0.15) is 5.69 Å². The van der Waals surface area contributed by atoms with Gasteiger partial charge in [-0.25, -0.2) is 5.06 Å². The highest BCUT2D eigenvalue weighted by atomic mass is 16.5. The van der Waals surface area contributed by atoms with Crippen molar-refractivity contribution in [3.63, 3.8) is 0 Å². The Morgan fingerprint density at radius 2 is 1.80 bits per heavy atom. The molecule has 2 N–H and O–H groups in total. The first-order chi connectivity index (χ1) is 9.68. The summed E-state index contributed by atoms with van der Waals surface area (Å²) in [5.74, 6) is -0.586. The van der Waals surface area contributed by atoms with Crippen LogP contribution in [0.2, 0.25) is 0 Å². The number of nitrogens with zero attached hydrogens (tertiary/aromatic N) is 3. The van der Waals surface area contributed by atoms with Gasteiger partial charge >= 0.3 is 0 Å². The van der Waals surface area contributed by atoms with Crippen LogP contribution in [0.4, 0.5) is 11.4 Å². The molecule has 0 aliphatic carbocycles. The molecule has 1 atom stereocenters. The number of carbonyl (C=O) groups is 1. The van der Waals surface area contributed by atoms with Gasteiger partial charge in [0.1, 0.15) is 0 Å². The second-order valence-corrected chi connectivity index (χ2v) is 4.45. The van der Waals surface area contributed by atoms with Crippen molar-refractivity contribution in [2.75, 3.05) is 9.96 Å². The summed E-state index contributed by atoms with van der Waals surface area (Å²) in [6, 6.07) is 12.3. The van der Waals surface area contributed by atoms with Crippen molar-refractivity contribution in [2.24, 2.45) is 0 Å². The maximum Gasteiger partial charge on any atom is 0.279 e. The summed E-state index contributed by atoms with van der Waals surface area (Å²) < 4.78 is 0. The molecule has 0 radical (unpaired) electrons. The zero-order chi connectivity index (χ0) is 14.1. The van der Waals surface area contributed by atoms with E-state index in [9.17, 15) is 15.1 Å². The summed E-state index contributed by atoms with van der Waals surface area (Å²) in [4.78, 5) is 17.7. The maximum atomic E-state index is 12.1. The van der Waals surface area contributed by atoms with E-state index < -0.39 is 12.1 Å². The van der Waals surface area contributed by atoms with Crippen molar-refractivity contribution >= 4 is 17.3 Å². The molecule has 1 unspecified atom stereocenters. The number of pyridine rings is 1. The number of hydrogen-bond acceptors (Lipinski definition) is 5. The number of rotatable bonds is 2. The second-order valence-electron chi connectivity index (χ2n) is 4.45. The summed E-state index contributed by atoms with van der Waals surface area (Å²) in [6.07, 6.45) is 0.0402. The van der Waals surface area contributed by atoms with Gasteiger partial charge in [0.2, 0.25) is 6.23 Å². The maximum absolute atomic E-state index is 12.1. The number of benzene rings is 1. The molecule has 0 saturated heterocycles. The van der Waals surface area contributed by atoms with Crippen LogP contribution in [0, 0.1) is 0 Å². The Hall–Kier alpha value is -2.44. The molecule has 3 rings (SSSR count). The minimum atomic E-state index is -1.60. The fraction of sp³-hybridized carbons (Fsp3) is 0.143. The molecular formula is C14H13N3O3. The number of aliphatic hydroxyl groups is 1. The van der Waals surface area contributed by atoms with Gasteiger partial charge in [-0.2, -0.15) is 0 Å². The zero-order valence-corrected chi connectivity index (χ0v) is 10.5. The van der Waals surface area contributed by atoms with Gasteiger partial charge in [0.25, 0.3) is 5.91 Å². The van der Waals surface area contributed by atoms with E-state index >= 15 is 0 Å². The number of fused-ring (bicyclic) bond motifs is 1. The van der Waals surface area contributed by atoms with E-state index in [1.807, 2.05) is 6.07 Å². The molecule has 0 fully saturated rings. The first kappa shape index (κ1) is 12.6. The van der Waals surface area contributed by atoms with Crippen molar-refractivity contribution in [3.05, 3.63) is 54.4 Å². The minimum Gasteiger partial charge on any atom is -0.364 e. The number of aliphatic hydroxyl groups excluding tert-OH is 1. The smallest absolute Gasteiger partial charge is 0.279 e. The summed E-state index contributed by atoms with van der Waals surface area (Å²) in [7, 11) is 0. The molecule has 0 bridgehead atoms. The Morgan fingerprint density at radius 3 is 2.50 bits per heavy atom. The van der Waals surface area contributed by atoms with Crippen LogP contribution in [0.15, 0.2) is 48.7 Å². The lowest BCUT2D eigenvalue weighted by atomic mass is 10.1. The van der Waals surface area contributed by atoms with Gasteiger partial charge in [-0.15, -0.1) is 0 Å². The third-order valence-electron chi connectivity index (χ3n) is 3.18. The van der Waals surface area contributed by atoms with Gasteiger partial charge in [-0.05, 0) is 24.3 Å². The van der Waals surface area contributed by atoms with Gasteiger partial charge in [0.05, 0.1) is 23.6 Å². The number of carbonyl (C=O) groups excluding carboxylic acids is 1. The number of anilines is 2. The van der Waals surface area contributed by atoms with Crippen LogP contribution < -0.4 is 9.96 Å². The second kappa shape index (κ2) is 4.92. The predicted octanol–water partition coefficient (Wildman–Crippen LogP) is 1.14. The molecule has 6 nitrogen and oxygen atoms in total. The van der Waals surface area contributed by atoms with Crippen LogP contribution in [-0.2, 0) is 11.3 Å². The molecule has 1 aromatic carbocycles. The molecule has 1 amide bonds. The third-order valence-corrected chi connectivity index (χ3v) is 3.18. The standard InChI is InChI=1S/C14H13N3O3/c18-13-14(19)17(20)12-7-2-1-6-11(12)16(13)9-10-5-3-4-8-15-10/h1-8,14,19-20H,9H2. The van der Waals surface area contributed by atoms with Crippen molar-refractivity contribution in [1.29, 1.82) is 0 Å². The summed E-state index contributed by atoms with van der Waals surface area (Å²) in [5.41, 5.74) is 1.63. The van der Waals surface area contributed by atoms with Gasteiger partial charge in [0.15, 0.2) is 0 Å². The first-order valence-electron chi connectivity index (χ1n) is 6.15. The molecule has 1 aromatic heterocycles. The molecule has 102 valence electrons. The van der Waals surface area contributed by atoms with Crippen molar-refractivity contribution in [2.45, 2.75) is 12.8 Å². The number of hydroxylamine groups is 1. The minimum absolute atomic E-state index is 0.238. The summed E-state index contributed by atoms with van der Waals surface area (Å²) >= 11 is 0. The van der Waals surface area contributed by atoms with Crippen molar-refractivity contribution in [3.8, 4) is 0 Å². The van der Waals surface area contributed by atoms with Crippen LogP contribution in [0.3, 0.4) is 0 Å². The Kier molecular flexibility index (Phi) is 3.09. The Labute approximate surface area is 115 Å². The normalized spacial score (nSPS) is 18.1. The lowest BCUT2D eigenvalue weighted by Crippen LogP contribution is -2.52. The lowest BCUT2D eigenvalue weighted by molar-refractivity contribution is -0.130. The largest absolute Gasteiger partial charge is 0.364 e. The monoisotopic (exact) mass is 271 g/mol. The average molecular weight is 271 g/mol. The average Bonchev–Trinajstić information content (AvgIpc) is 2.50. The highest BCUT2D eigenvalue weighted by Crippen LogP contribution is 2.34. The number of aromatic nitrogens is 1. The number of para-hydroxylation sites is 2. The molecule has 20 heavy (non-hydrogen) atoms. The van der Waals surface area contributed by atoms with Gasteiger partial charge in [-0.3, -0.25) is 15.0 Å². The van der Waals surface area contributed by atoms with Crippen LogP contribution in [0.5, 0.6) is 0 Å². The molecule has 0 saturated carbocycles. The highest BCUT2D eigenvalue weighted by molar-refractivity contribution is 6.03. The molecule has 2 heterocycles. The fourth-order valence-corrected chi connectivity index (χ4v) is 2.20. The molecular weight excluding hydrogens is 258 g/mol. The van der Waals surface area contributed by atoms with Gasteiger partial charge in [0, 0.05) is 6.20 Å².